The first kappa shape index (κ1) is 46.8. The minimum absolute atomic E-state index is 0.0114. The SMILES string of the molecule is C[S+](=O)(CC(=O)c1ccccc1)c1ccc([N+](=O)[O-])cc1.FC(F)(F)c1ccc([B-](c2ccc(C(F)(F)F)cc2)(c2ccc(C(F)(F)F)cc2)c2ccc(C(F)(F)F)cc2)cc1. The van der Waals surface area contributed by atoms with Crippen LogP contribution in [0.2, 0.25) is 0 Å². The first-order chi connectivity index (χ1) is 28.7. The molecule has 0 fully saturated rings. The summed E-state index contributed by atoms with van der Waals surface area (Å²) in [5.41, 5.74) is -3.85. The van der Waals surface area contributed by atoms with E-state index in [9.17, 15) is 71.8 Å². The molecule has 0 aliphatic rings. The van der Waals surface area contributed by atoms with Crippen LogP contribution < -0.4 is 21.9 Å². The van der Waals surface area contributed by atoms with Gasteiger partial charge in [-0.15, -0.1) is 0 Å². The first-order valence-electron chi connectivity index (χ1n) is 17.9. The molecule has 19 heteroatoms. The maximum absolute atomic E-state index is 13.3. The molecule has 324 valence electrons. The fourth-order valence-corrected chi connectivity index (χ4v) is 8.44. The van der Waals surface area contributed by atoms with Crippen molar-refractivity contribution < 1.29 is 66.6 Å². The Balaban J connectivity index is 0.000000290. The summed E-state index contributed by atoms with van der Waals surface area (Å²) in [5, 5.41) is 10.6. The summed E-state index contributed by atoms with van der Waals surface area (Å²) in [6.07, 6.45) is -20.5. The third kappa shape index (κ3) is 10.6. The number of hydrogen-bond donors (Lipinski definition) is 0. The highest BCUT2D eigenvalue weighted by Crippen LogP contribution is 2.33. The molecule has 0 N–H and O–H groups in total. The summed E-state index contributed by atoms with van der Waals surface area (Å²) in [7, 11) is -2.57. The van der Waals surface area contributed by atoms with Crippen LogP contribution >= 0.6 is 0 Å². The van der Waals surface area contributed by atoms with E-state index in [0.29, 0.717) is 59.0 Å². The molecule has 0 aliphatic carbocycles. The molecule has 0 aliphatic heterocycles. The summed E-state index contributed by atoms with van der Waals surface area (Å²) in [6, 6.07) is 27.7. The number of nitro benzene ring substituents is 1. The molecular weight excluding hydrogens is 865 g/mol. The Labute approximate surface area is 346 Å². The zero-order chi connectivity index (χ0) is 45.9. The van der Waals surface area contributed by atoms with Crippen LogP contribution in [0.5, 0.6) is 0 Å². The molecule has 0 radical (unpaired) electrons. The zero-order valence-electron chi connectivity index (χ0n) is 31.7. The van der Waals surface area contributed by atoms with E-state index < -0.39 is 68.0 Å². The number of carbonyl (C=O) groups excluding carboxylic acids is 1. The topological polar surface area (TPSA) is 77.3 Å². The Morgan fingerprint density at radius 3 is 1.05 bits per heavy atom. The third-order valence-corrected chi connectivity index (χ3v) is 12.1. The van der Waals surface area contributed by atoms with Crippen molar-refractivity contribution in [2.45, 2.75) is 29.6 Å². The van der Waals surface area contributed by atoms with Gasteiger partial charge >= 0.3 is 24.7 Å². The van der Waals surface area contributed by atoms with Gasteiger partial charge in [-0.3, -0.25) is 14.9 Å². The van der Waals surface area contributed by atoms with Crippen LogP contribution in [0.3, 0.4) is 0 Å². The summed E-state index contributed by atoms with van der Waals surface area (Å²) in [5.74, 6) is -0.323. The number of hydrogen-bond acceptors (Lipinski definition) is 4. The second-order valence-electron chi connectivity index (χ2n) is 14.0. The van der Waals surface area contributed by atoms with Crippen LogP contribution in [0.15, 0.2) is 157 Å². The summed E-state index contributed by atoms with van der Waals surface area (Å²) in [4.78, 5) is 22.7. The van der Waals surface area contributed by atoms with Gasteiger partial charge in [-0.2, -0.15) is 74.5 Å². The van der Waals surface area contributed by atoms with Gasteiger partial charge < -0.3 is 0 Å². The molecule has 0 saturated carbocycles. The standard InChI is InChI=1S/C28H16BF12.C15H14NO4S/c30-25(31,32)17-1-9-21(10-2-17)29(22-11-3-18(4-12-22)26(33,34)35,23-13-5-19(6-14-23)27(36,37)38)24-15-7-20(8-16-24)28(39,40)41;1-21(20,11-15(17)12-5-3-2-4-6-12)14-9-7-13(8-10-14)16(18)19/h1-16H;2-10H,11H2,1H3/q-1;+1. The van der Waals surface area contributed by atoms with Gasteiger partial charge in [0.15, 0.2) is 10.6 Å². The van der Waals surface area contributed by atoms with E-state index in [2.05, 4.69) is 0 Å². The molecule has 0 aromatic heterocycles. The molecule has 1 atom stereocenters. The van der Waals surface area contributed by atoms with Crippen molar-refractivity contribution in [1.82, 2.24) is 0 Å². The third-order valence-electron chi connectivity index (χ3n) is 10.0. The lowest BCUT2D eigenvalue weighted by Gasteiger charge is -2.44. The smallest absolute Gasteiger partial charge is 0.289 e. The zero-order valence-corrected chi connectivity index (χ0v) is 32.6. The molecule has 6 rings (SSSR count). The molecule has 0 heterocycles. The number of halogens is 12. The van der Waals surface area contributed by atoms with E-state index in [1.807, 2.05) is 0 Å². The minimum atomic E-state index is -4.77. The van der Waals surface area contributed by atoms with Gasteiger partial charge in [-0.05, 0) is 12.1 Å². The van der Waals surface area contributed by atoms with Crippen molar-refractivity contribution in [2.24, 2.45) is 0 Å². The average Bonchev–Trinajstić information content (AvgIpc) is 3.21. The normalized spacial score (nSPS) is 13.4. The van der Waals surface area contributed by atoms with Crippen molar-refractivity contribution in [3.05, 3.63) is 190 Å². The Kier molecular flexibility index (Phi) is 13.3. The van der Waals surface area contributed by atoms with Gasteiger partial charge in [0.05, 0.1) is 27.2 Å². The fraction of sp³-hybridized carbons (Fsp3) is 0.140. The number of nitro groups is 1. The van der Waals surface area contributed by atoms with Gasteiger partial charge in [0, 0.05) is 17.7 Å². The maximum atomic E-state index is 13.3. The van der Waals surface area contributed by atoms with Crippen molar-refractivity contribution in [2.75, 3.05) is 12.0 Å². The Hall–Kier alpha value is -6.24. The molecule has 1 unspecified atom stereocenters. The Bertz CT molecular complexity index is 2310. The van der Waals surface area contributed by atoms with Crippen LogP contribution in [0.1, 0.15) is 32.6 Å². The largest absolute Gasteiger partial charge is 0.416 e. The number of benzene rings is 6. The minimum Gasteiger partial charge on any atom is -0.289 e. The maximum Gasteiger partial charge on any atom is 0.416 e. The lowest BCUT2D eigenvalue weighted by Crippen LogP contribution is -2.74. The fourth-order valence-electron chi connectivity index (χ4n) is 6.89. The molecular formula is C43H30BF12NO4S. The van der Waals surface area contributed by atoms with Gasteiger partial charge in [0.25, 0.3) is 5.69 Å². The molecule has 6 aromatic carbocycles. The summed E-state index contributed by atoms with van der Waals surface area (Å²) in [6.45, 7) is 0. The van der Waals surface area contributed by atoms with Gasteiger partial charge in [0.1, 0.15) is 22.3 Å². The van der Waals surface area contributed by atoms with E-state index >= 15 is 0 Å². The highest BCUT2D eigenvalue weighted by atomic mass is 32.2. The van der Waals surface area contributed by atoms with Crippen molar-refractivity contribution in [3.8, 4) is 0 Å². The van der Waals surface area contributed by atoms with Crippen LogP contribution in [0.4, 0.5) is 58.4 Å². The summed E-state index contributed by atoms with van der Waals surface area (Å²) < 4.78 is 173. The van der Waals surface area contributed by atoms with Gasteiger partial charge in [0.2, 0.25) is 5.78 Å². The number of non-ortho nitro benzene ring substituents is 1. The van der Waals surface area contributed by atoms with Crippen LogP contribution in [-0.2, 0) is 38.8 Å². The lowest BCUT2D eigenvalue weighted by molar-refractivity contribution is -0.384. The van der Waals surface area contributed by atoms with E-state index in [0.717, 1.165) is 48.5 Å². The highest BCUT2D eigenvalue weighted by Gasteiger charge is 2.38. The van der Waals surface area contributed by atoms with Crippen molar-refractivity contribution in [3.63, 3.8) is 0 Å². The molecule has 6 aromatic rings. The van der Waals surface area contributed by atoms with Crippen molar-refractivity contribution in [1.29, 1.82) is 0 Å². The van der Waals surface area contributed by atoms with E-state index in [-0.39, 0.29) is 39.1 Å². The van der Waals surface area contributed by atoms with Crippen LogP contribution in [0, 0.1) is 10.1 Å². The second-order valence-corrected chi connectivity index (χ2v) is 16.8. The number of ketones is 1. The molecule has 0 bridgehead atoms. The number of nitrogens with zero attached hydrogens (tertiary/aromatic N) is 1. The van der Waals surface area contributed by atoms with E-state index in [1.54, 1.807) is 30.3 Å². The number of alkyl halides is 12. The first-order valence-corrected chi connectivity index (χ1v) is 20.0. The van der Waals surface area contributed by atoms with Gasteiger partial charge in [-0.1, -0.05) is 132 Å². The number of carbonyl (C=O) groups is 1. The molecule has 62 heavy (non-hydrogen) atoms. The predicted molar refractivity (Wildman–Crippen MR) is 211 cm³/mol. The molecule has 0 saturated heterocycles. The lowest BCUT2D eigenvalue weighted by atomic mass is 9.13. The number of Topliss-reactive ketones (excluding diaryl/α,β-unsaturated/α-hetero) is 1. The van der Waals surface area contributed by atoms with Gasteiger partial charge in [-0.25, -0.2) is 0 Å². The quantitative estimate of drug-likeness (QED) is 0.0362. The summed E-state index contributed by atoms with van der Waals surface area (Å²) >= 11 is 0. The average molecular weight is 896 g/mol. The van der Waals surface area contributed by atoms with Crippen molar-refractivity contribution >= 4 is 49.4 Å². The van der Waals surface area contributed by atoms with Crippen LogP contribution in [0.25, 0.3) is 0 Å². The Morgan fingerprint density at radius 2 is 0.790 bits per heavy atom. The predicted octanol–water partition coefficient (Wildman–Crippen LogP) is 10.1. The second kappa shape index (κ2) is 17.6. The van der Waals surface area contributed by atoms with E-state index in [4.69, 9.17) is 0 Å². The number of rotatable bonds is 9. The monoisotopic (exact) mass is 895 g/mol. The highest BCUT2D eigenvalue weighted by molar-refractivity contribution is 8.03. The molecule has 0 spiro atoms. The Morgan fingerprint density at radius 1 is 0.500 bits per heavy atom. The van der Waals surface area contributed by atoms with E-state index in [1.165, 1.54) is 30.5 Å². The van der Waals surface area contributed by atoms with Crippen LogP contribution in [-0.4, -0.2) is 28.9 Å². The molecule has 5 nitrogen and oxygen atoms in total. The molecule has 0 amide bonds.